The fourth-order valence-electron chi connectivity index (χ4n) is 1.27. The summed E-state index contributed by atoms with van der Waals surface area (Å²) in [5.74, 6) is -2.41. The Balaban J connectivity index is 2.77. The number of benzene rings is 1. The lowest BCUT2D eigenvalue weighted by Crippen LogP contribution is -2.29. The fraction of sp³-hybridized carbons (Fsp3) is 0.333. The van der Waals surface area contributed by atoms with Gasteiger partial charge in [0.25, 0.3) is 0 Å². The first-order valence-corrected chi connectivity index (χ1v) is 5.59. The van der Waals surface area contributed by atoms with Crippen LogP contribution >= 0.6 is 11.6 Å². The number of hydrogen-bond donors (Lipinski definition) is 2. The van der Waals surface area contributed by atoms with E-state index < -0.39 is 23.1 Å². The molecule has 1 amide bonds. The maximum Gasteiger partial charge on any atom is 0.309 e. The van der Waals surface area contributed by atoms with E-state index in [1.165, 1.54) is 32.0 Å². The van der Waals surface area contributed by atoms with Crippen molar-refractivity contribution >= 4 is 29.2 Å². The lowest BCUT2D eigenvalue weighted by molar-refractivity contribution is -0.148. The molecule has 0 spiro atoms. The predicted molar refractivity (Wildman–Crippen MR) is 66.1 cm³/mol. The third-order valence-corrected chi connectivity index (χ3v) is 2.70. The topological polar surface area (TPSA) is 66.4 Å². The number of carbonyl (C=O) groups is 2. The molecule has 0 fully saturated rings. The van der Waals surface area contributed by atoms with Crippen LogP contribution in [0.5, 0.6) is 0 Å². The van der Waals surface area contributed by atoms with Gasteiger partial charge in [0.05, 0.1) is 16.1 Å². The zero-order valence-corrected chi connectivity index (χ0v) is 10.7. The second-order valence-corrected chi connectivity index (χ2v) is 4.92. The number of amides is 1. The Kier molecular flexibility index (Phi) is 4.29. The van der Waals surface area contributed by atoms with E-state index in [4.69, 9.17) is 16.7 Å². The summed E-state index contributed by atoms with van der Waals surface area (Å²) in [4.78, 5) is 22.5. The van der Waals surface area contributed by atoms with E-state index >= 15 is 0 Å². The lowest BCUT2D eigenvalue weighted by Gasteiger charge is -2.18. The summed E-state index contributed by atoms with van der Waals surface area (Å²) >= 11 is 5.56. The quantitative estimate of drug-likeness (QED) is 0.886. The minimum atomic E-state index is -1.21. The summed E-state index contributed by atoms with van der Waals surface area (Å²) < 4.78 is 13.5. The highest BCUT2D eigenvalue weighted by atomic mass is 35.5. The molecule has 0 aliphatic rings. The molecule has 1 aromatic rings. The summed E-state index contributed by atoms with van der Waals surface area (Å²) in [5.41, 5.74) is -1.27. The Hall–Kier alpha value is -1.62. The Morgan fingerprint density at radius 2 is 2.06 bits per heavy atom. The van der Waals surface area contributed by atoms with Crippen LogP contribution in [0.15, 0.2) is 18.2 Å². The predicted octanol–water partition coefficient (Wildman–Crippen LogP) is 2.92. The first-order valence-electron chi connectivity index (χ1n) is 5.21. The smallest absolute Gasteiger partial charge is 0.309 e. The molecule has 0 bridgehead atoms. The molecule has 0 aromatic heterocycles. The average Bonchev–Trinajstić information content (AvgIpc) is 2.23. The summed E-state index contributed by atoms with van der Waals surface area (Å²) in [7, 11) is 0. The van der Waals surface area contributed by atoms with Gasteiger partial charge in [0.15, 0.2) is 5.82 Å². The van der Waals surface area contributed by atoms with Crippen molar-refractivity contribution in [1.29, 1.82) is 0 Å². The number of rotatable bonds is 4. The maximum absolute atomic E-state index is 13.5. The molecule has 0 saturated carbocycles. The third kappa shape index (κ3) is 3.43. The van der Waals surface area contributed by atoms with Gasteiger partial charge in [-0.1, -0.05) is 17.7 Å². The minimum absolute atomic E-state index is 0.0614. The molecule has 6 heteroatoms. The fourth-order valence-corrected chi connectivity index (χ4v) is 1.45. The molecule has 0 aliphatic carbocycles. The molecule has 2 N–H and O–H groups in total. The van der Waals surface area contributed by atoms with Crippen LogP contribution in [0.2, 0.25) is 5.02 Å². The van der Waals surface area contributed by atoms with Crippen LogP contribution in [-0.4, -0.2) is 17.0 Å². The van der Waals surface area contributed by atoms with Crippen molar-refractivity contribution in [3.05, 3.63) is 29.0 Å². The molecule has 0 unspecified atom stereocenters. The lowest BCUT2D eigenvalue weighted by atomic mass is 9.89. The number of carboxylic acids is 1. The molecule has 1 rings (SSSR count). The molecule has 18 heavy (non-hydrogen) atoms. The highest BCUT2D eigenvalue weighted by molar-refractivity contribution is 6.31. The van der Waals surface area contributed by atoms with Crippen LogP contribution in [0.1, 0.15) is 20.3 Å². The molecule has 0 atom stereocenters. The zero-order chi connectivity index (χ0) is 13.9. The van der Waals surface area contributed by atoms with E-state index in [0.29, 0.717) is 0 Å². The van der Waals surface area contributed by atoms with E-state index in [-0.39, 0.29) is 17.1 Å². The van der Waals surface area contributed by atoms with Crippen molar-refractivity contribution in [3.8, 4) is 0 Å². The number of nitrogens with one attached hydrogen (secondary N) is 1. The molecule has 0 saturated heterocycles. The van der Waals surface area contributed by atoms with Gasteiger partial charge in [-0.3, -0.25) is 9.59 Å². The van der Waals surface area contributed by atoms with Gasteiger partial charge in [-0.05, 0) is 26.0 Å². The zero-order valence-electron chi connectivity index (χ0n) is 9.96. The van der Waals surface area contributed by atoms with Crippen molar-refractivity contribution in [2.45, 2.75) is 20.3 Å². The van der Waals surface area contributed by atoms with Gasteiger partial charge >= 0.3 is 5.97 Å². The van der Waals surface area contributed by atoms with E-state index in [1.54, 1.807) is 0 Å². The van der Waals surface area contributed by atoms with Gasteiger partial charge < -0.3 is 10.4 Å². The van der Waals surface area contributed by atoms with Gasteiger partial charge in [-0.2, -0.15) is 0 Å². The molecule has 0 aliphatic heterocycles. The summed E-state index contributed by atoms with van der Waals surface area (Å²) in [5, 5.41) is 11.1. The standard InChI is InChI=1S/C12H13ClFNO3/c1-12(2,11(17)18)6-9(16)15-8-5-3-4-7(13)10(8)14/h3-5H,6H2,1-2H3,(H,15,16)(H,17,18). The summed E-state index contributed by atoms with van der Waals surface area (Å²) in [6.07, 6.45) is -0.256. The monoisotopic (exact) mass is 273 g/mol. The van der Waals surface area contributed by atoms with Gasteiger partial charge in [0.1, 0.15) is 0 Å². The second-order valence-electron chi connectivity index (χ2n) is 4.52. The second kappa shape index (κ2) is 5.35. The summed E-state index contributed by atoms with van der Waals surface area (Å²) in [6, 6.07) is 4.20. The SMILES string of the molecule is CC(C)(CC(=O)Nc1cccc(Cl)c1F)C(=O)O. The van der Waals surface area contributed by atoms with Crippen LogP contribution in [-0.2, 0) is 9.59 Å². The molecule has 98 valence electrons. The van der Waals surface area contributed by atoms with Gasteiger partial charge in [0, 0.05) is 6.42 Å². The number of anilines is 1. The number of carboxylic acid groups (broad SMARTS) is 1. The highest BCUT2D eigenvalue weighted by Crippen LogP contribution is 2.24. The minimum Gasteiger partial charge on any atom is -0.481 e. The molecular weight excluding hydrogens is 261 g/mol. The summed E-state index contributed by atoms with van der Waals surface area (Å²) in [6.45, 7) is 2.84. The number of aliphatic carboxylic acids is 1. The van der Waals surface area contributed by atoms with Crippen molar-refractivity contribution in [1.82, 2.24) is 0 Å². The van der Waals surface area contributed by atoms with Crippen molar-refractivity contribution < 1.29 is 19.1 Å². The van der Waals surface area contributed by atoms with Crippen molar-refractivity contribution in [2.75, 3.05) is 5.32 Å². The Bertz CT molecular complexity index is 488. The van der Waals surface area contributed by atoms with Crippen LogP contribution in [0, 0.1) is 11.2 Å². The third-order valence-electron chi connectivity index (χ3n) is 2.41. The largest absolute Gasteiger partial charge is 0.481 e. The van der Waals surface area contributed by atoms with Crippen LogP contribution in [0.4, 0.5) is 10.1 Å². The van der Waals surface area contributed by atoms with E-state index in [0.717, 1.165) is 0 Å². The van der Waals surface area contributed by atoms with Crippen LogP contribution in [0.25, 0.3) is 0 Å². The van der Waals surface area contributed by atoms with Gasteiger partial charge in [0.2, 0.25) is 5.91 Å². The first kappa shape index (κ1) is 14.4. The maximum atomic E-state index is 13.5. The molecule has 1 aromatic carbocycles. The van der Waals surface area contributed by atoms with Crippen molar-refractivity contribution in [2.24, 2.45) is 5.41 Å². The van der Waals surface area contributed by atoms with Crippen molar-refractivity contribution in [3.63, 3.8) is 0 Å². The van der Waals surface area contributed by atoms with Crippen LogP contribution in [0.3, 0.4) is 0 Å². The molecule has 4 nitrogen and oxygen atoms in total. The van der Waals surface area contributed by atoms with E-state index in [9.17, 15) is 14.0 Å². The molecule has 0 heterocycles. The van der Waals surface area contributed by atoms with Gasteiger partial charge in [-0.25, -0.2) is 4.39 Å². The number of halogens is 2. The Morgan fingerprint density at radius 3 is 2.61 bits per heavy atom. The highest BCUT2D eigenvalue weighted by Gasteiger charge is 2.30. The van der Waals surface area contributed by atoms with E-state index in [2.05, 4.69) is 5.32 Å². The van der Waals surface area contributed by atoms with E-state index in [1.807, 2.05) is 0 Å². The molecular formula is C12H13ClFNO3. The Morgan fingerprint density at radius 1 is 1.44 bits per heavy atom. The normalized spacial score (nSPS) is 11.1. The first-order chi connectivity index (χ1) is 8.24. The number of carbonyl (C=O) groups excluding carboxylic acids is 1. The molecule has 0 radical (unpaired) electrons. The van der Waals surface area contributed by atoms with Gasteiger partial charge in [-0.15, -0.1) is 0 Å². The Labute approximate surface area is 109 Å². The number of hydrogen-bond acceptors (Lipinski definition) is 2. The average molecular weight is 274 g/mol. The van der Waals surface area contributed by atoms with Crippen LogP contribution < -0.4 is 5.32 Å².